The summed E-state index contributed by atoms with van der Waals surface area (Å²) in [6, 6.07) is 8.22. The third-order valence-electron chi connectivity index (χ3n) is 5.34. The summed E-state index contributed by atoms with van der Waals surface area (Å²) in [5.74, 6) is 1.37. The van der Waals surface area contributed by atoms with Crippen LogP contribution in [0.1, 0.15) is 30.7 Å². The van der Waals surface area contributed by atoms with Crippen LogP contribution in [0.25, 0.3) is 11.4 Å². The van der Waals surface area contributed by atoms with Crippen LogP contribution in [0.3, 0.4) is 0 Å². The molecule has 0 amide bonds. The molecular formula is C20H28N4O2. The number of nitrogens with zero attached hydrogens (tertiary/aromatic N) is 4. The lowest BCUT2D eigenvalue weighted by Crippen LogP contribution is -2.48. The van der Waals surface area contributed by atoms with E-state index in [1.54, 1.807) is 0 Å². The van der Waals surface area contributed by atoms with E-state index in [0.717, 1.165) is 51.4 Å². The van der Waals surface area contributed by atoms with Gasteiger partial charge in [0.1, 0.15) is 0 Å². The molecule has 0 bridgehead atoms. The quantitative estimate of drug-likeness (QED) is 0.821. The molecule has 0 aliphatic carbocycles. The van der Waals surface area contributed by atoms with E-state index < -0.39 is 0 Å². The maximum Gasteiger partial charge on any atom is 0.241 e. The largest absolute Gasteiger partial charge is 0.377 e. The zero-order valence-corrected chi connectivity index (χ0v) is 15.6. The van der Waals surface area contributed by atoms with Gasteiger partial charge < -0.3 is 9.26 Å². The van der Waals surface area contributed by atoms with E-state index in [2.05, 4.69) is 39.0 Å². The Bertz CT molecular complexity index is 686. The molecule has 26 heavy (non-hydrogen) atoms. The summed E-state index contributed by atoms with van der Waals surface area (Å²) < 4.78 is 11.3. The van der Waals surface area contributed by atoms with Gasteiger partial charge >= 0.3 is 0 Å². The van der Waals surface area contributed by atoms with Crippen LogP contribution in [0.5, 0.6) is 0 Å². The first kappa shape index (κ1) is 17.6. The molecule has 0 spiro atoms. The van der Waals surface area contributed by atoms with Crippen molar-refractivity contribution < 1.29 is 9.26 Å². The van der Waals surface area contributed by atoms with E-state index in [0.29, 0.717) is 17.8 Å². The van der Waals surface area contributed by atoms with Crippen LogP contribution >= 0.6 is 0 Å². The van der Waals surface area contributed by atoms with Gasteiger partial charge in [-0.2, -0.15) is 4.98 Å². The van der Waals surface area contributed by atoms with Crippen LogP contribution in [-0.2, 0) is 11.3 Å². The Kier molecular flexibility index (Phi) is 5.62. The van der Waals surface area contributed by atoms with Gasteiger partial charge in [0.25, 0.3) is 0 Å². The monoisotopic (exact) mass is 356 g/mol. The molecule has 140 valence electrons. The molecule has 6 nitrogen and oxygen atoms in total. The van der Waals surface area contributed by atoms with Crippen molar-refractivity contribution in [2.75, 3.05) is 39.3 Å². The Hall–Kier alpha value is -1.76. The Morgan fingerprint density at radius 3 is 2.54 bits per heavy atom. The lowest BCUT2D eigenvalue weighted by atomic mass is 10.1. The van der Waals surface area contributed by atoms with Gasteiger partial charge in [-0.05, 0) is 26.2 Å². The number of benzene rings is 1. The highest BCUT2D eigenvalue weighted by Gasteiger charge is 2.23. The first-order valence-corrected chi connectivity index (χ1v) is 9.72. The van der Waals surface area contributed by atoms with E-state index >= 15 is 0 Å². The van der Waals surface area contributed by atoms with Crippen LogP contribution in [0, 0.1) is 6.92 Å². The minimum atomic E-state index is 0.434. The van der Waals surface area contributed by atoms with E-state index in [-0.39, 0.29) is 0 Å². The Morgan fingerprint density at radius 1 is 1.04 bits per heavy atom. The molecule has 2 aliphatic rings. The fourth-order valence-corrected chi connectivity index (χ4v) is 3.70. The maximum atomic E-state index is 5.87. The van der Waals surface area contributed by atoms with Crippen molar-refractivity contribution in [3.05, 3.63) is 35.7 Å². The van der Waals surface area contributed by atoms with Gasteiger partial charge in [0.05, 0.1) is 12.6 Å². The number of hydrogen-bond donors (Lipinski definition) is 0. The summed E-state index contributed by atoms with van der Waals surface area (Å²) in [7, 11) is 0. The van der Waals surface area contributed by atoms with Gasteiger partial charge in [0.15, 0.2) is 0 Å². The number of ether oxygens (including phenoxy) is 1. The second-order valence-electron chi connectivity index (χ2n) is 7.44. The second kappa shape index (κ2) is 8.29. The predicted octanol–water partition coefficient (Wildman–Crippen LogP) is 2.73. The van der Waals surface area contributed by atoms with Crippen LogP contribution in [0.4, 0.5) is 0 Å². The van der Waals surface area contributed by atoms with E-state index in [4.69, 9.17) is 9.26 Å². The Labute approximate surface area is 155 Å². The van der Waals surface area contributed by atoms with Crippen molar-refractivity contribution in [1.82, 2.24) is 19.9 Å². The van der Waals surface area contributed by atoms with Crippen LogP contribution in [0.15, 0.2) is 28.8 Å². The first-order valence-electron chi connectivity index (χ1n) is 9.72. The van der Waals surface area contributed by atoms with Gasteiger partial charge in [-0.1, -0.05) is 35.0 Å². The summed E-state index contributed by atoms with van der Waals surface area (Å²) in [6.45, 7) is 9.05. The van der Waals surface area contributed by atoms with Crippen molar-refractivity contribution in [2.45, 2.75) is 38.8 Å². The molecule has 2 aliphatic heterocycles. The Balaban J connectivity index is 1.26. The summed E-state index contributed by atoms with van der Waals surface area (Å²) in [5.41, 5.74) is 2.23. The van der Waals surface area contributed by atoms with Crippen LogP contribution in [0.2, 0.25) is 0 Å². The lowest BCUT2D eigenvalue weighted by Gasteiger charge is -2.36. The second-order valence-corrected chi connectivity index (χ2v) is 7.44. The fraction of sp³-hybridized carbons (Fsp3) is 0.600. The number of aromatic nitrogens is 2. The zero-order chi connectivity index (χ0) is 17.8. The summed E-state index contributed by atoms with van der Waals surface area (Å²) in [5, 5.41) is 4.13. The number of aryl methyl sites for hydroxylation is 1. The number of hydrogen-bond acceptors (Lipinski definition) is 6. The topological polar surface area (TPSA) is 54.6 Å². The van der Waals surface area contributed by atoms with Gasteiger partial charge in [-0.25, -0.2) is 0 Å². The molecule has 1 aromatic heterocycles. The van der Waals surface area contributed by atoms with Crippen molar-refractivity contribution in [3.63, 3.8) is 0 Å². The minimum Gasteiger partial charge on any atom is -0.377 e. The molecule has 1 unspecified atom stereocenters. The summed E-state index contributed by atoms with van der Waals surface area (Å²) in [4.78, 5) is 9.48. The standard InChI is InChI=1S/C20H28N4O2/c1-16-5-7-17(8-6-16)20-21-19(26-22-20)15-24-11-9-23(10-12-24)14-18-4-2-3-13-25-18/h5-8,18H,2-4,9-15H2,1H3. The van der Waals surface area contributed by atoms with Crippen molar-refractivity contribution in [1.29, 1.82) is 0 Å². The molecule has 2 saturated heterocycles. The number of rotatable bonds is 5. The highest BCUT2D eigenvalue weighted by Crippen LogP contribution is 2.18. The molecule has 3 heterocycles. The zero-order valence-electron chi connectivity index (χ0n) is 15.6. The molecular weight excluding hydrogens is 328 g/mol. The predicted molar refractivity (Wildman–Crippen MR) is 99.8 cm³/mol. The third kappa shape index (κ3) is 4.50. The highest BCUT2D eigenvalue weighted by molar-refractivity contribution is 5.54. The molecule has 2 aromatic rings. The van der Waals surface area contributed by atoms with Crippen molar-refractivity contribution in [2.24, 2.45) is 0 Å². The highest BCUT2D eigenvalue weighted by atomic mass is 16.5. The summed E-state index contributed by atoms with van der Waals surface area (Å²) >= 11 is 0. The lowest BCUT2D eigenvalue weighted by molar-refractivity contribution is -0.0151. The smallest absolute Gasteiger partial charge is 0.241 e. The van der Waals surface area contributed by atoms with Crippen LogP contribution in [-0.4, -0.2) is 65.4 Å². The molecule has 6 heteroatoms. The average Bonchev–Trinajstić information content (AvgIpc) is 3.13. The molecule has 0 saturated carbocycles. The molecule has 2 fully saturated rings. The van der Waals surface area contributed by atoms with E-state index in [9.17, 15) is 0 Å². The molecule has 4 rings (SSSR count). The fourth-order valence-electron chi connectivity index (χ4n) is 3.70. The molecule has 0 radical (unpaired) electrons. The first-order chi connectivity index (χ1) is 12.8. The Morgan fingerprint density at radius 2 is 1.81 bits per heavy atom. The van der Waals surface area contributed by atoms with E-state index in [1.165, 1.54) is 24.8 Å². The average molecular weight is 356 g/mol. The van der Waals surface area contributed by atoms with Gasteiger partial charge in [-0.15, -0.1) is 0 Å². The maximum absolute atomic E-state index is 5.87. The molecule has 1 aromatic carbocycles. The summed E-state index contributed by atoms with van der Waals surface area (Å²) in [6.07, 6.45) is 4.18. The normalized spacial score (nSPS) is 22.6. The van der Waals surface area contributed by atoms with Crippen LogP contribution < -0.4 is 0 Å². The van der Waals surface area contributed by atoms with Gasteiger partial charge in [0.2, 0.25) is 11.7 Å². The number of piperazine rings is 1. The van der Waals surface area contributed by atoms with Crippen molar-refractivity contribution >= 4 is 0 Å². The SMILES string of the molecule is Cc1ccc(-c2noc(CN3CCN(CC4CCCCO4)CC3)n2)cc1. The third-order valence-corrected chi connectivity index (χ3v) is 5.34. The van der Waals surface area contributed by atoms with Gasteiger partial charge in [-0.3, -0.25) is 9.80 Å². The van der Waals surface area contributed by atoms with E-state index in [1.807, 2.05) is 12.1 Å². The molecule has 1 atom stereocenters. The van der Waals surface area contributed by atoms with Gasteiger partial charge in [0, 0.05) is 44.9 Å². The minimum absolute atomic E-state index is 0.434. The van der Waals surface area contributed by atoms with Crippen molar-refractivity contribution in [3.8, 4) is 11.4 Å². The molecule has 0 N–H and O–H groups in total.